The summed E-state index contributed by atoms with van der Waals surface area (Å²) in [4.78, 5) is 112. The Bertz CT molecular complexity index is 5210. The van der Waals surface area contributed by atoms with E-state index in [0.717, 1.165) is 111 Å². The maximum Gasteiger partial charge on any atom is 0.446 e. The lowest BCUT2D eigenvalue weighted by molar-refractivity contribution is -0.156. The molecule has 0 radical (unpaired) electrons. The zero-order chi connectivity index (χ0) is 93.7. The molecule has 694 valence electrons. The van der Waals surface area contributed by atoms with Crippen molar-refractivity contribution in [2.45, 2.75) is 179 Å². The fourth-order valence-corrected chi connectivity index (χ4v) is 19.6. The van der Waals surface area contributed by atoms with Gasteiger partial charge in [-0.05, 0) is 244 Å². The Morgan fingerprint density at radius 1 is 0.500 bits per heavy atom. The molecule has 0 bridgehead atoms. The van der Waals surface area contributed by atoms with E-state index < -0.39 is 48.9 Å². The van der Waals surface area contributed by atoms with Gasteiger partial charge in [0.25, 0.3) is 23.6 Å². The van der Waals surface area contributed by atoms with Gasteiger partial charge >= 0.3 is 30.7 Å². The molecule has 4 spiro atoms. The predicted molar refractivity (Wildman–Crippen MR) is 478 cm³/mol. The first-order valence-corrected chi connectivity index (χ1v) is 44.3. The summed E-state index contributed by atoms with van der Waals surface area (Å²) in [7, 11) is 6.48. The Kier molecular flexibility index (Phi) is 32.7. The molecule has 4 aromatic carbocycles. The molecule has 4 aliphatic heterocycles. The van der Waals surface area contributed by atoms with Crippen molar-refractivity contribution >= 4 is 154 Å². The minimum Gasteiger partial charge on any atom is -0.444 e. The van der Waals surface area contributed by atoms with Crippen LogP contribution in [0.2, 0.25) is 15.7 Å². The molecule has 40 heteroatoms. The smallest absolute Gasteiger partial charge is 0.444 e. The lowest BCUT2D eigenvalue weighted by Gasteiger charge is -2.49. The normalized spacial score (nSPS) is 18.8. The highest BCUT2D eigenvalue weighted by Crippen LogP contribution is 2.51. The van der Waals surface area contributed by atoms with Crippen LogP contribution in [0, 0.1) is 21.7 Å². The molecule has 8 fully saturated rings. The zero-order valence-electron chi connectivity index (χ0n) is 72.4. The quantitative estimate of drug-likeness (QED) is 0.0170. The molecule has 4 aliphatic carbocycles. The van der Waals surface area contributed by atoms with Gasteiger partial charge in [-0.2, -0.15) is 44.5 Å². The Hall–Kier alpha value is -10.1. The van der Waals surface area contributed by atoms with Crippen LogP contribution in [-0.4, -0.2) is 206 Å². The van der Waals surface area contributed by atoms with Gasteiger partial charge in [0.05, 0.1) is 18.2 Å². The molecule has 10 N–H and O–H groups in total. The summed E-state index contributed by atoms with van der Waals surface area (Å²) in [5.41, 5.74) is 12.0. The lowest BCUT2D eigenvalue weighted by atomic mass is 9.78. The highest BCUT2D eigenvalue weighted by atomic mass is 35.5. The number of amides is 6. The van der Waals surface area contributed by atoms with Gasteiger partial charge in [0.1, 0.15) is 37.6 Å². The number of nitrogen functional groups attached to an aromatic ring is 1. The number of hydrogen-bond acceptors (Lipinski definition) is 22. The Balaban J connectivity index is 0.000000163. The number of benzene rings is 4. The SMILES string of the molecule is CC(C)(C)OC(=O)N1CC2(CCC(=O)C2)C1.CNC(=O)c1ccc(N)cc1.CNC(=O)c1ccc(NC2CCC3(C2)CN(C(=O)OC(C)(C)C)C3)cc1.CNC(=O)c1ccc(NC2CCC3(C2)CN(c2nc(Cl)nc4sc(CC(F)(F)F)cc24)C3)cc1.CNC(=O)c1ccc(NC2CCC3(CNC3)C2)cc1.FC(F)(F)Cc1cc2c(Cl)nc(Cl)nc2s1.O=CC(F)(F)F. The lowest BCUT2D eigenvalue weighted by Crippen LogP contribution is -2.58. The van der Waals surface area contributed by atoms with Crippen molar-refractivity contribution in [2.24, 2.45) is 21.7 Å². The summed E-state index contributed by atoms with van der Waals surface area (Å²) in [6, 6.07) is 33.7. The third kappa shape index (κ3) is 28.7. The number of rotatable bonds is 13. The van der Waals surface area contributed by atoms with E-state index in [-0.39, 0.29) is 77.5 Å². The number of nitrogens with zero attached hydrogens (tertiary/aromatic N) is 7. The topological polar surface area (TPSA) is 339 Å². The van der Waals surface area contributed by atoms with Crippen LogP contribution < -0.4 is 53.2 Å². The number of fused-ring (bicyclic) bond motifs is 2. The molecule has 8 aliphatic rings. The summed E-state index contributed by atoms with van der Waals surface area (Å²) in [5, 5.41) is 25.6. The van der Waals surface area contributed by atoms with E-state index >= 15 is 0 Å². The van der Waals surface area contributed by atoms with E-state index in [9.17, 15) is 73.1 Å². The number of Topliss-reactive ketones (excluding diaryl/α,β-unsaturated/α-hetero) is 1. The van der Waals surface area contributed by atoms with Crippen LogP contribution in [0.4, 0.5) is 77.7 Å². The zero-order valence-corrected chi connectivity index (χ0v) is 76.3. The molecule has 3 unspecified atom stereocenters. The van der Waals surface area contributed by atoms with Crippen molar-refractivity contribution in [3.8, 4) is 0 Å². The highest BCUT2D eigenvalue weighted by molar-refractivity contribution is 7.19. The maximum atomic E-state index is 12.9. The van der Waals surface area contributed by atoms with Crippen molar-refractivity contribution in [2.75, 3.05) is 107 Å². The van der Waals surface area contributed by atoms with Crippen molar-refractivity contribution in [1.29, 1.82) is 0 Å². The number of likely N-dealkylation sites (tertiary alicyclic amines) is 2. The number of thiophene rings is 2. The Morgan fingerprint density at radius 2 is 0.844 bits per heavy atom. The second-order valence-corrected chi connectivity index (χ2v) is 38.7. The second-order valence-electron chi connectivity index (χ2n) is 35.5. The summed E-state index contributed by atoms with van der Waals surface area (Å²) in [6.07, 6.45) is -4.19. The fourth-order valence-electron chi connectivity index (χ4n) is 16.7. The first-order valence-electron chi connectivity index (χ1n) is 41.5. The van der Waals surface area contributed by atoms with Crippen molar-refractivity contribution in [1.82, 2.24) is 56.3 Å². The van der Waals surface area contributed by atoms with Gasteiger partial charge in [-0.15, -0.1) is 22.7 Å². The summed E-state index contributed by atoms with van der Waals surface area (Å²) in [5.74, 6) is 0.635. The van der Waals surface area contributed by atoms with Crippen LogP contribution in [0.3, 0.4) is 0 Å². The van der Waals surface area contributed by atoms with Crippen molar-refractivity contribution < 1.29 is 87.3 Å². The largest absolute Gasteiger partial charge is 0.446 e. The van der Waals surface area contributed by atoms with Crippen molar-refractivity contribution in [3.05, 3.63) is 157 Å². The van der Waals surface area contributed by atoms with Gasteiger partial charge in [0.2, 0.25) is 16.9 Å². The molecule has 26 nitrogen and oxygen atoms in total. The predicted octanol–water partition coefficient (Wildman–Crippen LogP) is 17.6. The number of alkyl halides is 9. The number of nitrogens with two attached hydrogens (primary N) is 1. The molecule has 4 saturated carbocycles. The van der Waals surface area contributed by atoms with Gasteiger partial charge in [-0.1, -0.05) is 11.6 Å². The number of hydrogen-bond donors (Lipinski definition) is 9. The van der Waals surface area contributed by atoms with Crippen molar-refractivity contribution in [3.63, 3.8) is 0 Å². The van der Waals surface area contributed by atoms with Gasteiger partial charge in [-0.25, -0.2) is 24.5 Å². The molecule has 4 aromatic heterocycles. The third-order valence-corrected chi connectivity index (χ3v) is 25.3. The first kappa shape index (κ1) is 100. The summed E-state index contributed by atoms with van der Waals surface area (Å²) < 4.78 is 117. The molecule has 8 aromatic rings. The van der Waals surface area contributed by atoms with Crippen LogP contribution in [0.15, 0.2) is 109 Å². The third-order valence-electron chi connectivity index (χ3n) is 22.7. The molecule has 128 heavy (non-hydrogen) atoms. The monoisotopic (exact) mass is 1890 g/mol. The molecule has 4 saturated heterocycles. The van der Waals surface area contributed by atoms with E-state index in [0.29, 0.717) is 109 Å². The number of ketones is 1. The number of aromatic nitrogens is 4. The van der Waals surface area contributed by atoms with Crippen LogP contribution in [0.1, 0.15) is 170 Å². The average molecular weight is 1890 g/mol. The minimum absolute atomic E-state index is 0.0353. The second kappa shape index (κ2) is 41.8. The highest BCUT2D eigenvalue weighted by Gasteiger charge is 2.53. The van der Waals surface area contributed by atoms with Gasteiger partial charge in [-0.3, -0.25) is 28.8 Å². The van der Waals surface area contributed by atoms with E-state index in [4.69, 9.17) is 54.8 Å². The average Bonchev–Trinajstić information content (AvgIpc) is 1.55. The number of nitrogens with one attached hydrogen (secondary N) is 8. The molecule has 8 heterocycles. The summed E-state index contributed by atoms with van der Waals surface area (Å²) >= 11 is 19.3. The van der Waals surface area contributed by atoms with E-state index in [1.54, 1.807) is 75.6 Å². The number of carbonyl (C=O) groups excluding carboxylic acids is 8. The van der Waals surface area contributed by atoms with Crippen LogP contribution in [0.5, 0.6) is 0 Å². The standard InChI is InChI=1S/C23H23ClF3N5OS.C20H29N3O3.C15H21N3O.C12H19NO3.C8H3Cl2F3N2S.C8H10N2O.C2HF3O/c1-28-19(33)13-2-4-14(5-3-13)29-15-6-7-22(9-15)11-32(12-22)18-17-8-16(10-23(25,26)27)34-20(17)31-21(24)30-18;1-19(2,3)26-18(25)23-12-20(13-23)10-9-16(11-20)22-15-7-5-14(6-8-15)17(24)21-4;1-16-14(19)11-2-4-12(5-3-11)18-13-6-7-15(8-13)9-17-10-15;1-11(2,3)16-10(15)13-7-12(8-13)5-4-9(14)6-12;9-5-4-1-3(2-8(11,12)13)16-6(4)15-7(10)14-5;1-10-8(11)6-2-4-7(9)5-3-6;3-2(4,5)1-6/h2-5,8,15,29H,6-7,9-12H2,1H3,(H,28,33);5-8,16,22H,9-13H2,1-4H3,(H,21,24);2-5,13,17-18H,6-10H2,1H3,(H,16,19);4-8H2,1-3H3;1H,2H2;2-5H,9H2,1H3,(H,10,11);1H. The van der Waals surface area contributed by atoms with E-state index in [2.05, 4.69) is 67.4 Å². The minimum atomic E-state index is -4.64. The molecular weight excluding hydrogens is 1780 g/mol. The number of anilines is 5. The Morgan fingerprint density at radius 3 is 1.18 bits per heavy atom. The fraction of sp³-hybridized carbons (Fsp3) is 0.500. The van der Waals surface area contributed by atoms with Crippen LogP contribution in [0.25, 0.3) is 20.4 Å². The van der Waals surface area contributed by atoms with Crippen LogP contribution in [-0.2, 0) is 31.9 Å². The first-order chi connectivity index (χ1) is 60.0. The van der Waals surface area contributed by atoms with Gasteiger partial charge in [0.15, 0.2) is 0 Å². The van der Waals surface area contributed by atoms with Crippen LogP contribution >= 0.6 is 57.5 Å². The molecule has 6 amide bonds. The maximum absolute atomic E-state index is 12.9. The van der Waals surface area contributed by atoms with Gasteiger partial charge in [0, 0.05) is 188 Å². The Labute approximate surface area is 758 Å². The number of carbonyl (C=O) groups is 8. The number of aldehydes is 1. The number of halogens is 12. The van der Waals surface area contributed by atoms with Gasteiger partial charge < -0.3 is 72.4 Å². The molecular formula is C88H106Cl3F9N16O10S2. The molecule has 3 atom stereocenters. The molecule has 16 rings (SSSR count). The summed E-state index contributed by atoms with van der Waals surface area (Å²) in [6.45, 7) is 18.1. The number of ether oxygens (including phenoxy) is 2. The van der Waals surface area contributed by atoms with E-state index in [1.165, 1.54) is 38.4 Å². The van der Waals surface area contributed by atoms with E-state index in [1.807, 2.05) is 107 Å².